The molecule has 0 fully saturated rings. The van der Waals surface area contributed by atoms with Crippen molar-refractivity contribution in [2.24, 2.45) is 0 Å². The average molecular weight is 351 g/mol. The van der Waals surface area contributed by atoms with E-state index in [0.29, 0.717) is 24.2 Å². The Bertz CT molecular complexity index is 603. The largest absolute Gasteiger partial charge is 0.495 e. The summed E-state index contributed by atoms with van der Waals surface area (Å²) >= 11 is 0. The molecule has 1 unspecified atom stereocenters. The number of aliphatic hydroxyl groups is 1. The van der Waals surface area contributed by atoms with Crippen LogP contribution in [0.2, 0.25) is 0 Å². The Morgan fingerprint density at radius 3 is 2.80 bits per heavy atom. The molecule has 1 aliphatic rings. The molecule has 7 nitrogen and oxygen atoms in total. The molecule has 0 bridgehead atoms. The minimum atomic E-state index is -0.994. The number of alkyl carbamates (subject to hydrolysis) is 1. The van der Waals surface area contributed by atoms with E-state index in [1.54, 1.807) is 26.8 Å². The minimum absolute atomic E-state index is 0.231. The van der Waals surface area contributed by atoms with E-state index in [4.69, 9.17) is 14.1 Å². The van der Waals surface area contributed by atoms with Gasteiger partial charge in [0.25, 0.3) is 0 Å². The van der Waals surface area contributed by atoms with Gasteiger partial charge in [0.05, 0.1) is 25.4 Å². The number of amides is 1. The summed E-state index contributed by atoms with van der Waals surface area (Å²) in [6.07, 6.45) is -0.495. The molecule has 0 saturated heterocycles. The highest BCUT2D eigenvalue weighted by molar-refractivity contribution is 6.62. The second kappa shape index (κ2) is 8.08. The summed E-state index contributed by atoms with van der Waals surface area (Å²) in [6.45, 7) is 7.27. The Hall–Kier alpha value is -1.77. The molecule has 1 aromatic rings. The van der Waals surface area contributed by atoms with Gasteiger partial charge < -0.3 is 29.6 Å². The van der Waals surface area contributed by atoms with Crippen molar-refractivity contribution >= 4 is 18.7 Å². The van der Waals surface area contributed by atoms with E-state index >= 15 is 0 Å². The van der Waals surface area contributed by atoms with Gasteiger partial charge in [0.1, 0.15) is 11.4 Å². The van der Waals surface area contributed by atoms with E-state index in [1.807, 2.05) is 19.1 Å². The number of ether oxygens (including phenoxy) is 2. The fourth-order valence-electron chi connectivity index (χ4n) is 2.67. The average Bonchev–Trinajstić information content (AvgIpc) is 2.87. The molecule has 0 aromatic heterocycles. The van der Waals surface area contributed by atoms with E-state index in [1.165, 1.54) is 0 Å². The fraction of sp³-hybridized carbons (Fsp3) is 0.588. The van der Waals surface area contributed by atoms with Crippen molar-refractivity contribution in [3.05, 3.63) is 23.8 Å². The highest BCUT2D eigenvalue weighted by Crippen LogP contribution is 2.20. The number of benzene rings is 1. The first kappa shape index (κ1) is 19.6. The summed E-state index contributed by atoms with van der Waals surface area (Å²) in [4.78, 5) is 11.8. The van der Waals surface area contributed by atoms with Gasteiger partial charge in [0.2, 0.25) is 0 Å². The highest BCUT2D eigenvalue weighted by Gasteiger charge is 2.31. The topological polar surface area (TPSA) is 97.3 Å². The lowest BCUT2D eigenvalue weighted by molar-refractivity contribution is 0.0462. The van der Waals surface area contributed by atoms with Crippen LogP contribution in [-0.4, -0.2) is 47.7 Å². The smallest absolute Gasteiger partial charge is 0.491 e. The highest BCUT2D eigenvalue weighted by atomic mass is 16.6. The molecule has 1 heterocycles. The predicted octanol–water partition coefficient (Wildman–Crippen LogP) is 0.947. The zero-order valence-electron chi connectivity index (χ0n) is 15.1. The zero-order valence-corrected chi connectivity index (χ0v) is 15.1. The van der Waals surface area contributed by atoms with Gasteiger partial charge in [-0.2, -0.15) is 0 Å². The minimum Gasteiger partial charge on any atom is -0.491 e. The van der Waals surface area contributed by atoms with Gasteiger partial charge in [-0.1, -0.05) is 12.1 Å². The molecular weight excluding hydrogens is 325 g/mol. The number of carbonyl (C=O) groups is 1. The number of carbonyl (C=O) groups excluding carboxylic acids is 1. The molecule has 3 N–H and O–H groups in total. The summed E-state index contributed by atoms with van der Waals surface area (Å²) in [6, 6.07) is 4.99. The normalized spacial score (nSPS) is 16.2. The van der Waals surface area contributed by atoms with Gasteiger partial charge in [-0.3, -0.25) is 0 Å². The molecule has 0 spiro atoms. The third-order valence-electron chi connectivity index (χ3n) is 3.69. The van der Waals surface area contributed by atoms with Gasteiger partial charge in [0.15, 0.2) is 0 Å². The van der Waals surface area contributed by atoms with Crippen LogP contribution in [0.15, 0.2) is 18.2 Å². The van der Waals surface area contributed by atoms with Crippen molar-refractivity contribution in [2.75, 3.05) is 6.61 Å². The van der Waals surface area contributed by atoms with Crippen LogP contribution in [0, 0.1) is 0 Å². The van der Waals surface area contributed by atoms with Crippen molar-refractivity contribution in [1.82, 2.24) is 5.32 Å². The third kappa shape index (κ3) is 5.62. The number of nitrogens with one attached hydrogen (secondary N) is 1. The molecular formula is C17H26BNO6. The number of hydrogen-bond acceptors (Lipinski definition) is 6. The van der Waals surface area contributed by atoms with Crippen LogP contribution >= 0.6 is 0 Å². The van der Waals surface area contributed by atoms with Crippen molar-refractivity contribution in [1.29, 1.82) is 0 Å². The molecule has 25 heavy (non-hydrogen) atoms. The first-order valence-corrected chi connectivity index (χ1v) is 8.38. The van der Waals surface area contributed by atoms with Gasteiger partial charge in [-0.15, -0.1) is 0 Å². The number of rotatable bonds is 6. The number of hydrogen-bond donors (Lipinski definition) is 3. The van der Waals surface area contributed by atoms with E-state index < -0.39 is 24.9 Å². The molecule has 138 valence electrons. The maximum Gasteiger partial charge on any atom is 0.495 e. The molecule has 0 radical (unpaired) electrons. The number of fused-ring (bicyclic) bond motifs is 1. The standard InChI is InChI=1S/C17H26BNO6/c1-11(8-13(9-20)19-16(21)25-17(2,3)4)24-14-7-5-6-12-10-23-18(22)15(12)14/h5-7,11,13,20,22H,8-10H2,1-4H3,(H,19,21)/t11?,13-/m0/s1. The lowest BCUT2D eigenvalue weighted by atomic mass is 9.79. The third-order valence-corrected chi connectivity index (χ3v) is 3.69. The molecule has 1 aliphatic heterocycles. The molecule has 8 heteroatoms. The van der Waals surface area contributed by atoms with Crippen LogP contribution in [0.25, 0.3) is 0 Å². The first-order chi connectivity index (χ1) is 11.7. The van der Waals surface area contributed by atoms with Gasteiger partial charge in [0, 0.05) is 11.9 Å². The monoisotopic (exact) mass is 351 g/mol. The van der Waals surface area contributed by atoms with Crippen molar-refractivity contribution in [3.63, 3.8) is 0 Å². The lowest BCUT2D eigenvalue weighted by Crippen LogP contribution is -2.43. The van der Waals surface area contributed by atoms with Crippen molar-refractivity contribution in [2.45, 2.75) is 58.5 Å². The Morgan fingerprint density at radius 1 is 1.44 bits per heavy atom. The van der Waals surface area contributed by atoms with E-state index in [-0.39, 0.29) is 12.7 Å². The SMILES string of the molecule is CC(C[C@@H](CO)NC(=O)OC(C)(C)C)Oc1cccc2c1B(O)OC2. The van der Waals surface area contributed by atoms with Crippen LogP contribution in [0.3, 0.4) is 0 Å². The molecule has 0 saturated carbocycles. The van der Waals surface area contributed by atoms with Crippen LogP contribution in [-0.2, 0) is 16.0 Å². The van der Waals surface area contributed by atoms with Crippen molar-refractivity contribution < 1.29 is 29.1 Å². The predicted molar refractivity (Wildman–Crippen MR) is 93.8 cm³/mol. The molecule has 1 aromatic carbocycles. The maximum atomic E-state index is 11.8. The lowest BCUT2D eigenvalue weighted by Gasteiger charge is -2.25. The van der Waals surface area contributed by atoms with Crippen LogP contribution in [0.1, 0.15) is 39.7 Å². The van der Waals surface area contributed by atoms with E-state index in [9.17, 15) is 14.9 Å². The molecule has 0 aliphatic carbocycles. The van der Waals surface area contributed by atoms with Crippen molar-refractivity contribution in [3.8, 4) is 5.75 Å². The molecule has 2 rings (SSSR count). The fourth-order valence-corrected chi connectivity index (χ4v) is 2.67. The molecule has 1 amide bonds. The Balaban J connectivity index is 1.94. The van der Waals surface area contributed by atoms with Gasteiger partial charge in [-0.25, -0.2) is 4.79 Å². The summed E-state index contributed by atoms with van der Waals surface area (Å²) in [7, 11) is -0.994. The Morgan fingerprint density at radius 2 is 2.16 bits per heavy atom. The van der Waals surface area contributed by atoms with Gasteiger partial charge >= 0.3 is 13.2 Å². The summed E-state index contributed by atoms with van der Waals surface area (Å²) < 4.78 is 16.3. The molecule has 2 atom stereocenters. The second-order valence-corrected chi connectivity index (χ2v) is 7.18. The summed E-state index contributed by atoms with van der Waals surface area (Å²) in [5.74, 6) is 0.545. The van der Waals surface area contributed by atoms with Crippen LogP contribution in [0.4, 0.5) is 4.79 Å². The second-order valence-electron chi connectivity index (χ2n) is 7.18. The Kier molecular flexibility index (Phi) is 6.32. The zero-order chi connectivity index (χ0) is 18.6. The quantitative estimate of drug-likeness (QED) is 0.661. The summed E-state index contributed by atoms with van der Waals surface area (Å²) in [5, 5.41) is 22.0. The van der Waals surface area contributed by atoms with Crippen LogP contribution < -0.4 is 15.5 Å². The number of aliphatic hydroxyl groups excluding tert-OH is 1. The first-order valence-electron chi connectivity index (χ1n) is 8.38. The maximum absolute atomic E-state index is 11.8. The van der Waals surface area contributed by atoms with Gasteiger partial charge in [-0.05, 0) is 39.3 Å². The van der Waals surface area contributed by atoms with E-state index in [0.717, 1.165) is 5.56 Å². The van der Waals surface area contributed by atoms with Crippen LogP contribution in [0.5, 0.6) is 5.75 Å². The van der Waals surface area contributed by atoms with E-state index in [2.05, 4.69) is 5.32 Å². The summed E-state index contributed by atoms with van der Waals surface area (Å²) in [5.41, 5.74) is 0.921. The Labute approximate surface area is 148 Å².